The molecule has 16 heavy (non-hydrogen) atoms. The van der Waals surface area contributed by atoms with E-state index < -0.39 is 0 Å². The largest absolute Gasteiger partial charge is 0.508 e. The van der Waals surface area contributed by atoms with Crippen molar-refractivity contribution in [3.05, 3.63) is 60.7 Å². The van der Waals surface area contributed by atoms with Crippen LogP contribution < -0.4 is 0 Å². The molecule has 2 radical (unpaired) electrons. The summed E-state index contributed by atoms with van der Waals surface area (Å²) in [4.78, 5) is 0. The Morgan fingerprint density at radius 3 is 0.875 bits per heavy atom. The standard InChI is InChI=1S/2C6H6O.2K/c2*7-6-4-2-1-3-5-6;;/h2*1-5,7H;;. The molecule has 0 aliphatic carbocycles. The molecule has 0 unspecified atom stereocenters. The molecule has 2 N–H and O–H groups in total. The first-order chi connectivity index (χ1) is 6.79. The molecule has 0 amide bonds. The molecule has 0 heterocycles. The normalized spacial score (nSPS) is 7.50. The van der Waals surface area contributed by atoms with Gasteiger partial charge in [0.15, 0.2) is 0 Å². The number of phenols is 2. The molecule has 0 aliphatic heterocycles. The van der Waals surface area contributed by atoms with Crippen LogP contribution in [-0.4, -0.2) is 113 Å². The van der Waals surface area contributed by atoms with E-state index in [0.29, 0.717) is 11.5 Å². The maximum Gasteiger partial charge on any atom is 0.115 e. The van der Waals surface area contributed by atoms with Crippen LogP contribution in [-0.2, 0) is 0 Å². The molecule has 0 atom stereocenters. The van der Waals surface area contributed by atoms with Crippen molar-refractivity contribution in [3.63, 3.8) is 0 Å². The summed E-state index contributed by atoms with van der Waals surface area (Å²) < 4.78 is 0. The number of hydrogen-bond donors (Lipinski definition) is 2. The zero-order valence-corrected chi connectivity index (χ0v) is 15.9. The minimum atomic E-state index is 0. The summed E-state index contributed by atoms with van der Waals surface area (Å²) in [5.74, 6) is 0.644. The third-order valence-electron chi connectivity index (χ3n) is 1.51. The molecule has 2 nitrogen and oxygen atoms in total. The van der Waals surface area contributed by atoms with E-state index in [1.807, 2.05) is 12.1 Å². The topological polar surface area (TPSA) is 40.5 Å². The maximum absolute atomic E-state index is 8.63. The second-order valence-corrected chi connectivity index (χ2v) is 2.67. The average Bonchev–Trinajstić information content (AvgIpc) is 2.21. The van der Waals surface area contributed by atoms with E-state index >= 15 is 0 Å². The van der Waals surface area contributed by atoms with Gasteiger partial charge < -0.3 is 10.2 Å². The summed E-state index contributed by atoms with van der Waals surface area (Å²) >= 11 is 0. The molecule has 2 aromatic rings. The van der Waals surface area contributed by atoms with Gasteiger partial charge in [-0.3, -0.25) is 0 Å². The second-order valence-electron chi connectivity index (χ2n) is 2.67. The molecule has 2 aromatic carbocycles. The number of phenolic OH excluding ortho intramolecular Hbond substituents is 2. The Hall–Kier alpha value is 1.31. The molecule has 74 valence electrons. The number of rotatable bonds is 0. The van der Waals surface area contributed by atoms with Gasteiger partial charge in [0.05, 0.1) is 0 Å². The smallest absolute Gasteiger partial charge is 0.115 e. The summed E-state index contributed by atoms with van der Waals surface area (Å²) in [7, 11) is 0. The van der Waals surface area contributed by atoms with Crippen LogP contribution in [0.4, 0.5) is 0 Å². The zero-order valence-electron chi connectivity index (χ0n) is 9.67. The minimum Gasteiger partial charge on any atom is -0.508 e. The number of hydrogen-bond acceptors (Lipinski definition) is 2. The molecular formula is C12H12K2O2. The van der Waals surface area contributed by atoms with Crippen molar-refractivity contribution in [2.75, 3.05) is 0 Å². The Balaban J connectivity index is 0. The van der Waals surface area contributed by atoms with Crippen molar-refractivity contribution >= 4 is 103 Å². The van der Waals surface area contributed by atoms with E-state index in [1.165, 1.54) is 0 Å². The fourth-order valence-corrected chi connectivity index (χ4v) is 0.856. The van der Waals surface area contributed by atoms with Crippen LogP contribution in [0.15, 0.2) is 60.7 Å². The van der Waals surface area contributed by atoms with Gasteiger partial charge >= 0.3 is 0 Å². The first kappa shape index (κ1) is 19.6. The van der Waals surface area contributed by atoms with E-state index in [1.54, 1.807) is 48.5 Å². The van der Waals surface area contributed by atoms with Crippen LogP contribution in [0.2, 0.25) is 0 Å². The average molecular weight is 266 g/mol. The van der Waals surface area contributed by atoms with Crippen molar-refractivity contribution in [1.82, 2.24) is 0 Å². The van der Waals surface area contributed by atoms with Crippen LogP contribution in [0.1, 0.15) is 0 Å². The van der Waals surface area contributed by atoms with E-state index in [0.717, 1.165) is 0 Å². The summed E-state index contributed by atoms with van der Waals surface area (Å²) in [6.45, 7) is 0. The second kappa shape index (κ2) is 12.8. The van der Waals surface area contributed by atoms with Gasteiger partial charge in [0.1, 0.15) is 11.5 Å². The Morgan fingerprint density at radius 2 is 0.750 bits per heavy atom. The Morgan fingerprint density at radius 1 is 0.500 bits per heavy atom. The summed E-state index contributed by atoms with van der Waals surface area (Å²) in [5, 5.41) is 17.3. The van der Waals surface area contributed by atoms with Crippen molar-refractivity contribution in [2.45, 2.75) is 0 Å². The maximum atomic E-state index is 8.63. The monoisotopic (exact) mass is 266 g/mol. The molecule has 0 aliphatic rings. The molecule has 0 saturated heterocycles. The van der Waals surface area contributed by atoms with Gasteiger partial charge in [-0.1, -0.05) is 36.4 Å². The van der Waals surface area contributed by atoms with Crippen LogP contribution in [0.3, 0.4) is 0 Å². The number of para-hydroxylation sites is 2. The van der Waals surface area contributed by atoms with Crippen molar-refractivity contribution in [2.24, 2.45) is 0 Å². The molecular weight excluding hydrogens is 254 g/mol. The van der Waals surface area contributed by atoms with E-state index in [9.17, 15) is 0 Å². The van der Waals surface area contributed by atoms with Gasteiger partial charge in [0, 0.05) is 103 Å². The summed E-state index contributed by atoms with van der Waals surface area (Å²) in [6, 6.07) is 17.4. The van der Waals surface area contributed by atoms with Gasteiger partial charge in [-0.15, -0.1) is 0 Å². The van der Waals surface area contributed by atoms with Gasteiger partial charge in [-0.25, -0.2) is 0 Å². The number of benzene rings is 2. The van der Waals surface area contributed by atoms with Gasteiger partial charge in [0.25, 0.3) is 0 Å². The van der Waals surface area contributed by atoms with Gasteiger partial charge in [-0.05, 0) is 24.3 Å². The van der Waals surface area contributed by atoms with Crippen molar-refractivity contribution in [3.8, 4) is 11.5 Å². The quantitative estimate of drug-likeness (QED) is 0.716. The van der Waals surface area contributed by atoms with Crippen LogP contribution in [0, 0.1) is 0 Å². The third kappa shape index (κ3) is 10.5. The molecule has 0 aromatic heterocycles. The van der Waals surface area contributed by atoms with Crippen LogP contribution in [0.25, 0.3) is 0 Å². The molecule has 0 fully saturated rings. The van der Waals surface area contributed by atoms with Crippen LogP contribution in [0.5, 0.6) is 11.5 Å². The Bertz CT molecular complexity index is 314. The fourth-order valence-electron chi connectivity index (χ4n) is 0.856. The van der Waals surface area contributed by atoms with Crippen molar-refractivity contribution in [1.29, 1.82) is 0 Å². The molecule has 2 rings (SSSR count). The number of aromatic hydroxyl groups is 2. The van der Waals surface area contributed by atoms with Gasteiger partial charge in [-0.2, -0.15) is 0 Å². The predicted molar refractivity (Wildman–Crippen MR) is 67.7 cm³/mol. The zero-order chi connectivity index (χ0) is 10.2. The SMILES string of the molecule is Oc1ccccc1.Oc1ccccc1.[K].[K]. The van der Waals surface area contributed by atoms with Crippen LogP contribution >= 0.6 is 0 Å². The molecule has 0 bridgehead atoms. The molecule has 0 spiro atoms. The molecule has 0 saturated carbocycles. The summed E-state index contributed by atoms with van der Waals surface area (Å²) in [6.07, 6.45) is 0. The Labute approximate surface area is 181 Å². The predicted octanol–water partition coefficient (Wildman–Crippen LogP) is 2.02. The van der Waals surface area contributed by atoms with Gasteiger partial charge in [0.2, 0.25) is 0 Å². The third-order valence-corrected chi connectivity index (χ3v) is 1.51. The minimum absolute atomic E-state index is 0. The van der Waals surface area contributed by atoms with E-state index in [4.69, 9.17) is 10.2 Å². The Kier molecular flexibility index (Phi) is 15.7. The molecule has 4 heteroatoms. The van der Waals surface area contributed by atoms with E-state index in [2.05, 4.69) is 0 Å². The first-order valence-corrected chi connectivity index (χ1v) is 4.27. The first-order valence-electron chi connectivity index (χ1n) is 4.27. The van der Waals surface area contributed by atoms with E-state index in [-0.39, 0.29) is 103 Å². The fraction of sp³-hybridized carbons (Fsp3) is 0. The van der Waals surface area contributed by atoms with Crippen molar-refractivity contribution < 1.29 is 10.2 Å². The summed E-state index contributed by atoms with van der Waals surface area (Å²) in [5.41, 5.74) is 0.